The maximum absolute atomic E-state index is 11.0. The first-order valence-electron chi connectivity index (χ1n) is 4.83. The summed E-state index contributed by atoms with van der Waals surface area (Å²) in [5, 5.41) is 13.9. The van der Waals surface area contributed by atoms with Crippen LogP contribution < -0.4 is 5.14 Å². The highest BCUT2D eigenvalue weighted by Gasteiger charge is 2.43. The maximum Gasteiger partial charge on any atom is 0.214 e. The molecular weight excluding hydrogens is 202 g/mol. The molecule has 0 spiro atoms. The Morgan fingerprint density at radius 2 is 1.86 bits per heavy atom. The fraction of sp³-hybridized carbons (Fsp3) is 1.00. The number of hydrogen-bond donors (Lipinski definition) is 2. The molecule has 1 fully saturated rings. The molecule has 0 unspecified atom stereocenters. The first kappa shape index (κ1) is 11.9. The highest BCUT2D eigenvalue weighted by Crippen LogP contribution is 2.47. The number of rotatable bonds is 3. The van der Waals surface area contributed by atoms with E-state index in [2.05, 4.69) is 13.8 Å². The molecule has 5 heteroatoms. The maximum atomic E-state index is 11.0. The Morgan fingerprint density at radius 1 is 1.43 bits per heavy atom. The van der Waals surface area contributed by atoms with E-state index in [4.69, 9.17) is 5.14 Å². The van der Waals surface area contributed by atoms with Crippen molar-refractivity contribution in [2.24, 2.45) is 16.5 Å². The van der Waals surface area contributed by atoms with Gasteiger partial charge in [0.15, 0.2) is 0 Å². The Hall–Kier alpha value is -0.130. The van der Waals surface area contributed by atoms with Crippen molar-refractivity contribution in [2.45, 2.75) is 45.0 Å². The van der Waals surface area contributed by atoms with Crippen molar-refractivity contribution in [3.05, 3.63) is 0 Å². The standard InChI is InChI=1S/C9H19NO3S/c1-6(14(10,12)13)8(11)7-4-9(2,3)5-7/h6-8,11H,4-5H2,1-3H3,(H2,10,12,13)/t6-,8-/m0/s1. The van der Waals surface area contributed by atoms with Crippen molar-refractivity contribution in [2.75, 3.05) is 0 Å². The van der Waals surface area contributed by atoms with Gasteiger partial charge in [0.2, 0.25) is 10.0 Å². The van der Waals surface area contributed by atoms with E-state index in [0.717, 1.165) is 12.8 Å². The molecule has 1 rings (SSSR count). The van der Waals surface area contributed by atoms with Crippen molar-refractivity contribution in [3.63, 3.8) is 0 Å². The summed E-state index contributed by atoms with van der Waals surface area (Å²) in [5.74, 6) is 0.0818. The van der Waals surface area contributed by atoms with Gasteiger partial charge in [0.25, 0.3) is 0 Å². The van der Waals surface area contributed by atoms with Crippen LogP contribution in [-0.4, -0.2) is 24.9 Å². The van der Waals surface area contributed by atoms with Gasteiger partial charge in [-0.25, -0.2) is 13.6 Å². The second-order valence-corrected chi connectivity index (χ2v) is 7.04. The van der Waals surface area contributed by atoms with E-state index in [0.29, 0.717) is 0 Å². The normalized spacial score (nSPS) is 26.6. The van der Waals surface area contributed by atoms with Crippen molar-refractivity contribution in [1.29, 1.82) is 0 Å². The van der Waals surface area contributed by atoms with Gasteiger partial charge in [-0.3, -0.25) is 0 Å². The fourth-order valence-corrected chi connectivity index (χ4v) is 2.79. The third-order valence-corrected chi connectivity index (χ3v) is 4.43. The first-order chi connectivity index (χ1) is 6.13. The number of sulfonamides is 1. The van der Waals surface area contributed by atoms with Gasteiger partial charge in [0.05, 0.1) is 11.4 Å². The fourth-order valence-electron chi connectivity index (χ4n) is 2.18. The quantitative estimate of drug-likeness (QED) is 0.726. The topological polar surface area (TPSA) is 80.4 Å². The average molecular weight is 221 g/mol. The third-order valence-electron chi connectivity index (χ3n) is 3.11. The summed E-state index contributed by atoms with van der Waals surface area (Å²) >= 11 is 0. The summed E-state index contributed by atoms with van der Waals surface area (Å²) in [6.45, 7) is 5.68. The zero-order chi connectivity index (χ0) is 11.1. The van der Waals surface area contributed by atoms with Gasteiger partial charge < -0.3 is 5.11 Å². The molecule has 0 aliphatic heterocycles. The van der Waals surface area contributed by atoms with E-state index >= 15 is 0 Å². The lowest BCUT2D eigenvalue weighted by atomic mass is 9.62. The van der Waals surface area contributed by atoms with Crippen molar-refractivity contribution >= 4 is 10.0 Å². The Kier molecular flexibility index (Phi) is 2.96. The number of hydrogen-bond acceptors (Lipinski definition) is 3. The first-order valence-corrected chi connectivity index (χ1v) is 6.44. The van der Waals surface area contributed by atoms with Gasteiger partial charge >= 0.3 is 0 Å². The number of primary sulfonamides is 1. The molecule has 1 aliphatic carbocycles. The van der Waals surface area contributed by atoms with Crippen LogP contribution in [0, 0.1) is 11.3 Å². The highest BCUT2D eigenvalue weighted by molar-refractivity contribution is 7.89. The lowest BCUT2D eigenvalue weighted by Crippen LogP contribution is -2.47. The minimum Gasteiger partial charge on any atom is -0.391 e. The molecule has 0 aromatic carbocycles. The Labute approximate surface area is 85.5 Å². The summed E-state index contributed by atoms with van der Waals surface area (Å²) in [5.41, 5.74) is 0.240. The van der Waals surface area contributed by atoms with Crippen LogP contribution in [0.2, 0.25) is 0 Å². The smallest absolute Gasteiger partial charge is 0.214 e. The summed E-state index contributed by atoms with van der Waals surface area (Å²) in [6.07, 6.45) is 0.917. The molecule has 0 bridgehead atoms. The van der Waals surface area contributed by atoms with Crippen molar-refractivity contribution in [1.82, 2.24) is 0 Å². The van der Waals surface area contributed by atoms with Crippen LogP contribution in [0.15, 0.2) is 0 Å². The SMILES string of the molecule is C[C@@H]([C@H](O)C1CC(C)(C)C1)S(N)(=O)=O. The van der Waals surface area contributed by atoms with Crippen LogP contribution in [0.1, 0.15) is 33.6 Å². The minimum absolute atomic E-state index is 0.0818. The zero-order valence-corrected chi connectivity index (χ0v) is 9.71. The van der Waals surface area contributed by atoms with Crippen LogP contribution >= 0.6 is 0 Å². The zero-order valence-electron chi connectivity index (χ0n) is 8.90. The average Bonchev–Trinajstić information content (AvgIpc) is 1.95. The third kappa shape index (κ3) is 2.46. The molecular formula is C9H19NO3S. The molecule has 0 aromatic rings. The molecule has 1 saturated carbocycles. The Balaban J connectivity index is 2.57. The molecule has 0 amide bonds. The molecule has 14 heavy (non-hydrogen) atoms. The van der Waals surface area contributed by atoms with Crippen molar-refractivity contribution < 1.29 is 13.5 Å². The number of aliphatic hydroxyl groups is 1. The van der Waals surface area contributed by atoms with Gasteiger partial charge in [-0.05, 0) is 31.1 Å². The largest absolute Gasteiger partial charge is 0.391 e. The summed E-state index contributed by atoms with van der Waals surface area (Å²) < 4.78 is 22.0. The van der Waals surface area contributed by atoms with Crippen LogP contribution in [-0.2, 0) is 10.0 Å². The van der Waals surface area contributed by atoms with E-state index in [-0.39, 0.29) is 11.3 Å². The van der Waals surface area contributed by atoms with E-state index in [1.807, 2.05) is 0 Å². The lowest BCUT2D eigenvalue weighted by Gasteiger charge is -2.45. The molecule has 84 valence electrons. The van der Waals surface area contributed by atoms with E-state index < -0.39 is 21.4 Å². The van der Waals surface area contributed by atoms with Crippen LogP contribution in [0.5, 0.6) is 0 Å². The Morgan fingerprint density at radius 3 is 2.14 bits per heavy atom. The predicted molar refractivity (Wildman–Crippen MR) is 55.1 cm³/mol. The van der Waals surface area contributed by atoms with E-state index in [9.17, 15) is 13.5 Å². The highest BCUT2D eigenvalue weighted by atomic mass is 32.2. The summed E-state index contributed by atoms with van der Waals surface area (Å²) in [7, 11) is -3.61. The van der Waals surface area contributed by atoms with E-state index in [1.54, 1.807) is 0 Å². The Bertz CT molecular complexity index is 302. The molecule has 0 saturated heterocycles. The molecule has 2 atom stereocenters. The monoisotopic (exact) mass is 221 g/mol. The van der Waals surface area contributed by atoms with Gasteiger partial charge in [-0.2, -0.15) is 0 Å². The van der Waals surface area contributed by atoms with Crippen LogP contribution in [0.3, 0.4) is 0 Å². The van der Waals surface area contributed by atoms with Crippen molar-refractivity contribution in [3.8, 4) is 0 Å². The van der Waals surface area contributed by atoms with Gasteiger partial charge in [0.1, 0.15) is 0 Å². The molecule has 0 heterocycles. The molecule has 0 radical (unpaired) electrons. The summed E-state index contributed by atoms with van der Waals surface area (Å²) in [6, 6.07) is 0. The molecule has 3 N–H and O–H groups in total. The lowest BCUT2D eigenvalue weighted by molar-refractivity contribution is -0.0129. The molecule has 4 nitrogen and oxygen atoms in total. The van der Waals surface area contributed by atoms with E-state index in [1.165, 1.54) is 6.92 Å². The van der Waals surface area contributed by atoms with Crippen LogP contribution in [0.25, 0.3) is 0 Å². The molecule has 1 aliphatic rings. The predicted octanol–water partition coefficient (Wildman–Crippen LogP) is 0.461. The second kappa shape index (κ2) is 3.47. The minimum atomic E-state index is -3.61. The second-order valence-electron chi connectivity index (χ2n) is 5.12. The van der Waals surface area contributed by atoms with Gasteiger partial charge in [0, 0.05) is 0 Å². The number of nitrogens with two attached hydrogens (primary N) is 1. The van der Waals surface area contributed by atoms with Gasteiger partial charge in [-0.1, -0.05) is 13.8 Å². The summed E-state index contributed by atoms with van der Waals surface area (Å²) in [4.78, 5) is 0. The molecule has 0 aromatic heterocycles. The van der Waals surface area contributed by atoms with Gasteiger partial charge in [-0.15, -0.1) is 0 Å². The van der Waals surface area contributed by atoms with Crippen LogP contribution in [0.4, 0.5) is 0 Å². The number of aliphatic hydroxyl groups excluding tert-OH is 1.